The van der Waals surface area contributed by atoms with Crippen molar-refractivity contribution in [2.75, 3.05) is 11.9 Å². The second kappa shape index (κ2) is 6.20. The third kappa shape index (κ3) is 3.18. The minimum atomic E-state index is -0.0534. The zero-order chi connectivity index (χ0) is 16.7. The number of anilines is 1. The van der Waals surface area contributed by atoms with E-state index in [-0.39, 0.29) is 11.8 Å². The van der Waals surface area contributed by atoms with Crippen LogP contribution >= 0.6 is 0 Å². The molecule has 0 spiro atoms. The number of rotatable bonds is 5. The van der Waals surface area contributed by atoms with Gasteiger partial charge in [-0.15, -0.1) is 0 Å². The molecule has 3 fully saturated rings. The fourth-order valence-corrected chi connectivity index (χ4v) is 4.00. The first-order chi connectivity index (χ1) is 11.6. The van der Waals surface area contributed by atoms with Crippen molar-refractivity contribution in [2.45, 2.75) is 63.7 Å². The lowest BCUT2D eigenvalue weighted by molar-refractivity contribution is -0.139. The van der Waals surface area contributed by atoms with Crippen molar-refractivity contribution in [3.8, 4) is 0 Å². The highest BCUT2D eigenvalue weighted by Gasteiger charge is 2.38. The second-order valence-electron chi connectivity index (χ2n) is 7.42. The second-order valence-corrected chi connectivity index (χ2v) is 7.42. The summed E-state index contributed by atoms with van der Waals surface area (Å²) in [6.07, 6.45) is 4.63. The predicted molar refractivity (Wildman–Crippen MR) is 92.5 cm³/mol. The number of likely N-dealkylation sites (tertiary alicyclic amines) is 2. The molecule has 1 N–H and O–H groups in total. The maximum absolute atomic E-state index is 11.7. The summed E-state index contributed by atoms with van der Waals surface area (Å²) in [5, 5.41) is 3.63. The van der Waals surface area contributed by atoms with Gasteiger partial charge in [-0.2, -0.15) is 0 Å². The Bertz CT molecular complexity index is 623. The van der Waals surface area contributed by atoms with Crippen LogP contribution in [-0.2, 0) is 16.1 Å². The van der Waals surface area contributed by atoms with E-state index in [4.69, 9.17) is 0 Å². The average Bonchev–Trinajstić information content (AvgIpc) is 3.28. The number of carbonyl (C=O) groups excluding carboxylic acids is 2. The molecular weight excluding hydrogens is 302 g/mol. The largest absolute Gasteiger partial charge is 0.381 e. The Hall–Kier alpha value is -1.88. The quantitative estimate of drug-likeness (QED) is 0.844. The number of imide groups is 1. The zero-order valence-corrected chi connectivity index (χ0v) is 14.2. The molecule has 5 nitrogen and oxygen atoms in total. The monoisotopic (exact) mass is 327 g/mol. The summed E-state index contributed by atoms with van der Waals surface area (Å²) in [5.41, 5.74) is 2.12. The van der Waals surface area contributed by atoms with E-state index in [0.717, 1.165) is 23.8 Å². The molecule has 1 aromatic carbocycles. The van der Waals surface area contributed by atoms with Crippen molar-refractivity contribution in [3.63, 3.8) is 0 Å². The van der Waals surface area contributed by atoms with Gasteiger partial charge in [0.2, 0.25) is 11.8 Å². The summed E-state index contributed by atoms with van der Waals surface area (Å²) in [6.45, 7) is 3.85. The third-order valence-corrected chi connectivity index (χ3v) is 5.46. The van der Waals surface area contributed by atoms with Crippen molar-refractivity contribution in [1.82, 2.24) is 9.80 Å². The number of hydrogen-bond acceptors (Lipinski definition) is 4. The highest BCUT2D eigenvalue weighted by atomic mass is 16.2. The van der Waals surface area contributed by atoms with E-state index >= 15 is 0 Å². The Kier molecular flexibility index (Phi) is 4.04. The molecule has 5 heteroatoms. The van der Waals surface area contributed by atoms with Crippen LogP contribution in [0, 0.1) is 0 Å². The van der Waals surface area contributed by atoms with Crippen LogP contribution in [0.3, 0.4) is 0 Å². The van der Waals surface area contributed by atoms with E-state index in [0.29, 0.717) is 31.5 Å². The molecule has 3 aliphatic rings. The number of carbonyl (C=O) groups is 2. The Labute approximate surface area is 143 Å². The smallest absolute Gasteiger partial charge is 0.229 e. The Morgan fingerprint density at radius 2 is 1.75 bits per heavy atom. The molecule has 128 valence electrons. The Morgan fingerprint density at radius 1 is 1.08 bits per heavy atom. The molecule has 2 amide bonds. The van der Waals surface area contributed by atoms with Crippen LogP contribution in [0.4, 0.5) is 5.69 Å². The lowest BCUT2D eigenvalue weighted by Gasteiger charge is -2.20. The standard InChI is InChI=1S/C19H25N3O2/c1-13-10-16(12-21(13)17-6-7-17)20-15-4-2-14(3-5-15)11-22-18(23)8-9-19(22)24/h2-5,13,16-17,20H,6-12H2,1H3/t13-,16-/m1/s1. The van der Waals surface area contributed by atoms with E-state index < -0.39 is 0 Å². The van der Waals surface area contributed by atoms with Gasteiger partial charge < -0.3 is 5.32 Å². The minimum absolute atomic E-state index is 0.0534. The number of nitrogens with one attached hydrogen (secondary N) is 1. The summed E-state index contributed by atoms with van der Waals surface area (Å²) < 4.78 is 0. The molecule has 4 rings (SSSR count). The van der Waals surface area contributed by atoms with Crippen LogP contribution in [-0.4, -0.2) is 46.3 Å². The van der Waals surface area contributed by atoms with Gasteiger partial charge in [0.05, 0.1) is 6.54 Å². The molecule has 1 aromatic rings. The van der Waals surface area contributed by atoms with E-state index in [1.807, 2.05) is 12.1 Å². The third-order valence-electron chi connectivity index (χ3n) is 5.46. The van der Waals surface area contributed by atoms with Gasteiger partial charge in [0.15, 0.2) is 0 Å². The summed E-state index contributed by atoms with van der Waals surface area (Å²) in [5.74, 6) is -0.107. The maximum Gasteiger partial charge on any atom is 0.229 e. The van der Waals surface area contributed by atoms with Gasteiger partial charge in [-0.1, -0.05) is 12.1 Å². The lowest BCUT2D eigenvalue weighted by atomic mass is 10.1. The molecule has 24 heavy (non-hydrogen) atoms. The van der Waals surface area contributed by atoms with Gasteiger partial charge in [0.1, 0.15) is 0 Å². The molecule has 2 saturated heterocycles. The van der Waals surface area contributed by atoms with Crippen molar-refractivity contribution in [2.24, 2.45) is 0 Å². The Morgan fingerprint density at radius 3 is 2.38 bits per heavy atom. The lowest BCUT2D eigenvalue weighted by Crippen LogP contribution is -2.31. The summed E-state index contributed by atoms with van der Waals surface area (Å²) in [6, 6.07) is 10.1. The number of hydrogen-bond donors (Lipinski definition) is 1. The predicted octanol–water partition coefficient (Wildman–Crippen LogP) is 2.37. The first kappa shape index (κ1) is 15.6. The molecule has 2 aliphatic heterocycles. The molecule has 2 heterocycles. The Balaban J connectivity index is 1.34. The molecule has 0 radical (unpaired) electrons. The van der Waals surface area contributed by atoms with Crippen molar-refractivity contribution < 1.29 is 9.59 Å². The van der Waals surface area contributed by atoms with Gasteiger partial charge in [0, 0.05) is 43.2 Å². The molecule has 0 bridgehead atoms. The molecule has 0 aromatic heterocycles. The number of benzene rings is 1. The van der Waals surface area contributed by atoms with Crippen LogP contribution in [0.15, 0.2) is 24.3 Å². The zero-order valence-electron chi connectivity index (χ0n) is 14.2. The van der Waals surface area contributed by atoms with Gasteiger partial charge in [-0.3, -0.25) is 19.4 Å². The maximum atomic E-state index is 11.7. The van der Waals surface area contributed by atoms with E-state index in [2.05, 4.69) is 29.3 Å². The van der Waals surface area contributed by atoms with Crippen LogP contribution in [0.25, 0.3) is 0 Å². The van der Waals surface area contributed by atoms with Gasteiger partial charge in [-0.05, 0) is 43.9 Å². The first-order valence-corrected chi connectivity index (χ1v) is 9.04. The fourth-order valence-electron chi connectivity index (χ4n) is 4.00. The van der Waals surface area contributed by atoms with E-state index in [1.165, 1.54) is 24.2 Å². The highest BCUT2D eigenvalue weighted by molar-refractivity contribution is 6.01. The summed E-state index contributed by atoms with van der Waals surface area (Å²) >= 11 is 0. The SMILES string of the molecule is C[C@@H]1C[C@@H](Nc2ccc(CN3C(=O)CCC3=O)cc2)CN1C1CC1. The normalized spacial score (nSPS) is 28.0. The van der Waals surface area contributed by atoms with Crippen molar-refractivity contribution in [1.29, 1.82) is 0 Å². The van der Waals surface area contributed by atoms with Crippen LogP contribution in [0.5, 0.6) is 0 Å². The van der Waals surface area contributed by atoms with Gasteiger partial charge in [0.25, 0.3) is 0 Å². The van der Waals surface area contributed by atoms with Gasteiger partial charge >= 0.3 is 0 Å². The molecule has 1 aliphatic carbocycles. The average molecular weight is 327 g/mol. The molecular formula is C19H25N3O2. The number of amides is 2. The molecule has 0 unspecified atom stereocenters. The van der Waals surface area contributed by atoms with Crippen molar-refractivity contribution in [3.05, 3.63) is 29.8 Å². The van der Waals surface area contributed by atoms with Crippen LogP contribution in [0.1, 0.15) is 44.6 Å². The summed E-state index contributed by atoms with van der Waals surface area (Å²) in [4.78, 5) is 27.4. The van der Waals surface area contributed by atoms with Crippen LogP contribution in [0.2, 0.25) is 0 Å². The van der Waals surface area contributed by atoms with Crippen LogP contribution < -0.4 is 5.32 Å². The first-order valence-electron chi connectivity index (χ1n) is 9.04. The number of nitrogens with zero attached hydrogens (tertiary/aromatic N) is 2. The topological polar surface area (TPSA) is 52.7 Å². The van der Waals surface area contributed by atoms with E-state index in [9.17, 15) is 9.59 Å². The summed E-state index contributed by atoms with van der Waals surface area (Å²) in [7, 11) is 0. The van der Waals surface area contributed by atoms with Crippen molar-refractivity contribution >= 4 is 17.5 Å². The highest BCUT2D eigenvalue weighted by Crippen LogP contribution is 2.34. The minimum Gasteiger partial charge on any atom is -0.381 e. The molecule has 1 saturated carbocycles. The molecule has 2 atom stereocenters. The van der Waals surface area contributed by atoms with Gasteiger partial charge in [-0.25, -0.2) is 0 Å². The van der Waals surface area contributed by atoms with E-state index in [1.54, 1.807) is 0 Å². The fraction of sp³-hybridized carbons (Fsp3) is 0.579.